The molecule has 0 amide bonds. The summed E-state index contributed by atoms with van der Waals surface area (Å²) in [6.07, 6.45) is 6.03. The number of aryl methyl sites for hydroxylation is 2. The molecule has 2 heterocycles. The van der Waals surface area contributed by atoms with Gasteiger partial charge in [-0.1, -0.05) is 37.1 Å². The monoisotopic (exact) mass is 475 g/mol. The molecular weight excluding hydrogens is 438 g/mol. The zero-order chi connectivity index (χ0) is 24.5. The number of fused-ring (bicyclic) bond motifs is 1. The molecule has 0 aliphatic heterocycles. The van der Waals surface area contributed by atoms with Gasteiger partial charge in [0.05, 0.1) is 56.4 Å². The molecule has 0 saturated heterocycles. The van der Waals surface area contributed by atoms with Gasteiger partial charge in [0.1, 0.15) is 5.69 Å². The number of hydrogen-bond acceptors (Lipinski definition) is 7. The van der Waals surface area contributed by atoms with E-state index in [0.29, 0.717) is 50.2 Å². The molecule has 1 atom stereocenters. The van der Waals surface area contributed by atoms with Crippen LogP contribution in [0.5, 0.6) is 0 Å². The lowest BCUT2D eigenvalue weighted by Gasteiger charge is -2.22. The minimum Gasteiger partial charge on any atom is -0.481 e. The van der Waals surface area contributed by atoms with Crippen LogP contribution in [0.3, 0.4) is 0 Å². The molecule has 12 heteroatoms. The summed E-state index contributed by atoms with van der Waals surface area (Å²) in [4.78, 5) is 15.1. The van der Waals surface area contributed by atoms with Crippen molar-refractivity contribution in [1.82, 2.24) is 30.0 Å². The molecule has 1 aliphatic rings. The highest BCUT2D eigenvalue weighted by Crippen LogP contribution is 2.33. The summed E-state index contributed by atoms with van der Waals surface area (Å²) < 4.78 is 9.36. The van der Waals surface area contributed by atoms with Gasteiger partial charge in [-0.2, -0.15) is 0 Å². The molecule has 0 saturated carbocycles. The van der Waals surface area contributed by atoms with Gasteiger partial charge in [0.2, 0.25) is 0 Å². The summed E-state index contributed by atoms with van der Waals surface area (Å²) in [5, 5.41) is 26.7. The van der Waals surface area contributed by atoms with Crippen LogP contribution in [0.4, 0.5) is 0 Å². The molecule has 0 fully saturated rings. The average molecular weight is 476 g/mol. The third kappa shape index (κ3) is 6.99. The number of carboxylic acid groups (broad SMARTS) is 1. The van der Waals surface area contributed by atoms with E-state index < -0.39 is 5.97 Å². The fraction of sp³-hybridized carbons (Fsp3) is 0.727. The molecule has 0 spiro atoms. The van der Waals surface area contributed by atoms with E-state index in [1.807, 2.05) is 4.68 Å². The molecule has 0 radical (unpaired) electrons. The number of carbonyl (C=O) groups is 1. The van der Waals surface area contributed by atoms with Crippen molar-refractivity contribution in [3.63, 3.8) is 0 Å². The van der Waals surface area contributed by atoms with Crippen molar-refractivity contribution in [2.24, 2.45) is 22.4 Å². The first-order chi connectivity index (χ1) is 16.4. The van der Waals surface area contributed by atoms with Crippen molar-refractivity contribution in [2.75, 3.05) is 13.2 Å². The number of guanidine groups is 1. The van der Waals surface area contributed by atoms with E-state index >= 15 is 0 Å². The Morgan fingerprint density at radius 3 is 2.68 bits per heavy atom. The number of ether oxygens (including phenoxy) is 1. The Morgan fingerprint density at radius 2 is 1.94 bits per heavy atom. The van der Waals surface area contributed by atoms with Crippen molar-refractivity contribution in [1.29, 1.82) is 0 Å². The van der Waals surface area contributed by atoms with E-state index in [-0.39, 0.29) is 19.0 Å². The molecule has 12 nitrogen and oxygen atoms in total. The first-order valence-corrected chi connectivity index (χ1v) is 12.0. The van der Waals surface area contributed by atoms with Crippen molar-refractivity contribution in [2.45, 2.75) is 84.4 Å². The Bertz CT molecular complexity index is 963. The highest BCUT2D eigenvalue weighted by molar-refractivity contribution is 5.75. The van der Waals surface area contributed by atoms with E-state index in [1.165, 1.54) is 18.5 Å². The van der Waals surface area contributed by atoms with E-state index in [4.69, 9.17) is 16.2 Å². The van der Waals surface area contributed by atoms with Gasteiger partial charge in [-0.05, 0) is 25.2 Å². The number of nitrogens with zero attached hydrogens (tertiary/aromatic N) is 7. The van der Waals surface area contributed by atoms with Crippen molar-refractivity contribution in [3.05, 3.63) is 22.8 Å². The van der Waals surface area contributed by atoms with Crippen molar-refractivity contribution >= 4 is 11.9 Å². The molecule has 3 rings (SSSR count). The van der Waals surface area contributed by atoms with Crippen LogP contribution in [0, 0.1) is 5.92 Å². The lowest BCUT2D eigenvalue weighted by atomic mass is 9.84. The topological polar surface area (TPSA) is 172 Å². The molecule has 1 unspecified atom stereocenters. The average Bonchev–Trinajstić information content (AvgIpc) is 3.33. The fourth-order valence-corrected chi connectivity index (χ4v) is 4.45. The summed E-state index contributed by atoms with van der Waals surface area (Å²) in [7, 11) is 0. The SMILES string of the molecule is CC(C)C1CCCCCc2c1nnn2CCn1nnc(COCCN=C(N)N)c1CCC(=O)O. The van der Waals surface area contributed by atoms with E-state index in [0.717, 1.165) is 30.7 Å². The largest absolute Gasteiger partial charge is 0.481 e. The van der Waals surface area contributed by atoms with Gasteiger partial charge in [-0.15, -0.1) is 10.2 Å². The Kier molecular flexibility index (Phi) is 9.37. The van der Waals surface area contributed by atoms with Crippen LogP contribution in [0.25, 0.3) is 0 Å². The zero-order valence-corrected chi connectivity index (χ0v) is 20.2. The molecule has 188 valence electrons. The summed E-state index contributed by atoms with van der Waals surface area (Å²) in [6, 6.07) is 0. The number of carboxylic acids is 1. The first kappa shape index (κ1) is 25.6. The molecular formula is C22H37N9O3. The van der Waals surface area contributed by atoms with Gasteiger partial charge in [-0.3, -0.25) is 9.79 Å². The quantitative estimate of drug-likeness (QED) is 0.232. The maximum absolute atomic E-state index is 11.2. The predicted molar refractivity (Wildman–Crippen MR) is 126 cm³/mol. The Labute approximate surface area is 199 Å². The molecule has 1 aliphatic carbocycles. The number of nitrogens with two attached hydrogens (primary N) is 2. The minimum absolute atomic E-state index is 0.0107. The maximum atomic E-state index is 11.2. The van der Waals surface area contributed by atoms with Crippen molar-refractivity contribution < 1.29 is 14.6 Å². The summed E-state index contributed by atoms with van der Waals surface area (Å²) in [5.41, 5.74) is 14.4. The van der Waals surface area contributed by atoms with Crippen LogP contribution in [-0.2, 0) is 42.1 Å². The zero-order valence-electron chi connectivity index (χ0n) is 20.2. The molecule has 2 aromatic heterocycles. The number of hydrogen-bond donors (Lipinski definition) is 3. The van der Waals surface area contributed by atoms with Gasteiger partial charge in [-0.25, -0.2) is 9.36 Å². The third-order valence-corrected chi connectivity index (χ3v) is 6.24. The van der Waals surface area contributed by atoms with Crippen LogP contribution in [0.15, 0.2) is 4.99 Å². The van der Waals surface area contributed by atoms with Gasteiger partial charge in [0, 0.05) is 12.3 Å². The predicted octanol–water partition coefficient (Wildman–Crippen LogP) is 1.23. The van der Waals surface area contributed by atoms with Crippen LogP contribution in [-0.4, -0.2) is 60.2 Å². The van der Waals surface area contributed by atoms with Crippen LogP contribution in [0.2, 0.25) is 0 Å². The molecule has 34 heavy (non-hydrogen) atoms. The number of aliphatic carboxylic acids is 1. The smallest absolute Gasteiger partial charge is 0.303 e. The van der Waals surface area contributed by atoms with Gasteiger partial charge < -0.3 is 21.3 Å². The lowest BCUT2D eigenvalue weighted by molar-refractivity contribution is -0.137. The van der Waals surface area contributed by atoms with Crippen LogP contribution in [0.1, 0.15) is 74.6 Å². The van der Waals surface area contributed by atoms with Crippen LogP contribution < -0.4 is 11.5 Å². The highest BCUT2D eigenvalue weighted by atomic mass is 16.5. The second-order valence-corrected chi connectivity index (χ2v) is 9.05. The second-order valence-electron chi connectivity index (χ2n) is 9.05. The fourth-order valence-electron chi connectivity index (χ4n) is 4.45. The summed E-state index contributed by atoms with van der Waals surface area (Å²) in [5.74, 6) is 0.0986. The van der Waals surface area contributed by atoms with Gasteiger partial charge in [0.25, 0.3) is 0 Å². The number of rotatable bonds is 12. The molecule has 2 aromatic rings. The number of aromatic nitrogens is 6. The van der Waals surface area contributed by atoms with Crippen LogP contribution >= 0.6 is 0 Å². The number of aliphatic imine (C=N–C) groups is 1. The lowest BCUT2D eigenvalue weighted by Crippen LogP contribution is -2.23. The third-order valence-electron chi connectivity index (χ3n) is 6.24. The van der Waals surface area contributed by atoms with Crippen molar-refractivity contribution in [3.8, 4) is 0 Å². The van der Waals surface area contributed by atoms with Gasteiger partial charge >= 0.3 is 5.97 Å². The van der Waals surface area contributed by atoms with E-state index in [2.05, 4.69) is 39.5 Å². The Balaban J connectivity index is 1.71. The minimum atomic E-state index is -0.871. The summed E-state index contributed by atoms with van der Waals surface area (Å²) in [6.45, 7) is 6.50. The first-order valence-electron chi connectivity index (χ1n) is 12.0. The standard InChI is InChI=1S/C22H37N9O3/c1-15(2)16-6-4-3-5-7-19-21(16)27-29-31(19)12-11-30-18(8-9-20(32)33)17(26-28-30)14-34-13-10-25-22(23)24/h15-16H,3-14H2,1-2H3,(H,32,33)(H4,23,24,25). The van der Waals surface area contributed by atoms with Gasteiger partial charge in [0.15, 0.2) is 5.96 Å². The second kappa shape index (κ2) is 12.4. The molecule has 0 aromatic carbocycles. The summed E-state index contributed by atoms with van der Waals surface area (Å²) >= 11 is 0. The maximum Gasteiger partial charge on any atom is 0.303 e. The normalized spacial score (nSPS) is 16.1. The molecule has 0 bridgehead atoms. The Morgan fingerprint density at radius 1 is 1.18 bits per heavy atom. The van der Waals surface area contributed by atoms with E-state index in [1.54, 1.807) is 4.68 Å². The molecule has 5 N–H and O–H groups in total. The Hall–Kier alpha value is -3.02. The van der Waals surface area contributed by atoms with E-state index in [9.17, 15) is 9.90 Å². The highest BCUT2D eigenvalue weighted by Gasteiger charge is 2.26.